The average molecular weight is 625 g/mol. The van der Waals surface area contributed by atoms with Crippen LogP contribution in [0.5, 0.6) is 11.5 Å². The number of hydrogen-bond donors (Lipinski definition) is 0. The van der Waals surface area contributed by atoms with E-state index in [4.69, 9.17) is 18.9 Å². The Labute approximate surface area is 279 Å². The van der Waals surface area contributed by atoms with Gasteiger partial charge in [-0.2, -0.15) is 0 Å². The summed E-state index contributed by atoms with van der Waals surface area (Å²) in [6.45, 7) is 11.8. The van der Waals surface area contributed by atoms with Crippen LogP contribution in [0.15, 0.2) is 121 Å². The van der Waals surface area contributed by atoms with Crippen LogP contribution < -0.4 is 9.47 Å². The normalized spacial score (nSPS) is 13.2. The topological polar surface area (TPSA) is 36.9 Å². The predicted octanol–water partition coefficient (Wildman–Crippen LogP) is 9.64. The van der Waals surface area contributed by atoms with E-state index >= 15 is 0 Å². The largest absolute Gasteiger partial charge is 0.491 e. The molecule has 0 saturated heterocycles. The van der Waals surface area contributed by atoms with Crippen LogP contribution in [-0.2, 0) is 14.9 Å². The van der Waals surface area contributed by atoms with Crippen molar-refractivity contribution in [2.24, 2.45) is 0 Å². The molecule has 0 heterocycles. The first-order chi connectivity index (χ1) is 23.1. The third kappa shape index (κ3) is 6.49. The fourth-order valence-electron chi connectivity index (χ4n) is 6.84. The number of ether oxygens (including phenoxy) is 4. The molecule has 0 unspecified atom stereocenters. The third-order valence-corrected chi connectivity index (χ3v) is 8.95. The minimum atomic E-state index is -0.560. The number of benzene rings is 5. The van der Waals surface area contributed by atoms with Gasteiger partial charge in [0.15, 0.2) is 0 Å². The van der Waals surface area contributed by atoms with Crippen molar-refractivity contribution in [3.05, 3.63) is 160 Å². The Bertz CT molecular complexity index is 1750. The van der Waals surface area contributed by atoms with Crippen LogP contribution in [0, 0.1) is 6.92 Å². The van der Waals surface area contributed by atoms with Crippen LogP contribution >= 0.6 is 0 Å². The van der Waals surface area contributed by atoms with Gasteiger partial charge in [-0.05, 0) is 108 Å². The molecular weight excluding hydrogens is 580 g/mol. The monoisotopic (exact) mass is 624 g/mol. The zero-order chi connectivity index (χ0) is 32.6. The molecule has 5 aromatic rings. The van der Waals surface area contributed by atoms with Crippen LogP contribution in [-0.4, -0.2) is 39.6 Å². The molecule has 0 saturated carbocycles. The lowest BCUT2D eigenvalue weighted by atomic mass is 9.67. The van der Waals surface area contributed by atoms with Gasteiger partial charge in [0.25, 0.3) is 0 Å². The van der Waals surface area contributed by atoms with E-state index in [0.717, 1.165) is 11.5 Å². The van der Waals surface area contributed by atoms with E-state index in [1.807, 2.05) is 13.8 Å². The van der Waals surface area contributed by atoms with Gasteiger partial charge in [0.05, 0.1) is 18.6 Å². The number of rotatable bonds is 14. The van der Waals surface area contributed by atoms with Gasteiger partial charge in [0, 0.05) is 13.2 Å². The summed E-state index contributed by atoms with van der Waals surface area (Å²) in [6.07, 6.45) is 2.22. The van der Waals surface area contributed by atoms with Crippen LogP contribution in [0.3, 0.4) is 0 Å². The van der Waals surface area contributed by atoms with Crippen LogP contribution in [0.4, 0.5) is 0 Å². The van der Waals surface area contributed by atoms with Crippen molar-refractivity contribution >= 4 is 5.57 Å². The first-order valence-corrected chi connectivity index (χ1v) is 16.7. The average Bonchev–Trinajstić information content (AvgIpc) is 3.39. The maximum atomic E-state index is 6.05. The van der Waals surface area contributed by atoms with Gasteiger partial charge in [-0.1, -0.05) is 96.6 Å². The Morgan fingerprint density at radius 1 is 0.574 bits per heavy atom. The Morgan fingerprint density at radius 2 is 1.11 bits per heavy atom. The van der Waals surface area contributed by atoms with E-state index in [-0.39, 0.29) is 0 Å². The Balaban J connectivity index is 1.53. The van der Waals surface area contributed by atoms with Crippen molar-refractivity contribution in [3.63, 3.8) is 0 Å². The molecule has 0 aromatic heterocycles. The lowest BCUT2D eigenvalue weighted by Gasteiger charge is -2.34. The van der Waals surface area contributed by atoms with Gasteiger partial charge in [-0.15, -0.1) is 0 Å². The molecule has 240 valence electrons. The molecule has 6 rings (SSSR count). The highest BCUT2D eigenvalue weighted by atomic mass is 16.5. The van der Waals surface area contributed by atoms with Crippen molar-refractivity contribution < 1.29 is 18.9 Å². The highest BCUT2D eigenvalue weighted by Crippen LogP contribution is 2.57. The first-order valence-electron chi connectivity index (χ1n) is 16.7. The van der Waals surface area contributed by atoms with E-state index in [2.05, 4.69) is 135 Å². The number of allylic oxidation sites excluding steroid dienone is 1. The van der Waals surface area contributed by atoms with E-state index in [1.54, 1.807) is 0 Å². The van der Waals surface area contributed by atoms with Gasteiger partial charge in [-0.25, -0.2) is 0 Å². The van der Waals surface area contributed by atoms with Gasteiger partial charge in [0.2, 0.25) is 0 Å². The summed E-state index contributed by atoms with van der Waals surface area (Å²) in [6, 6.07) is 41.8. The summed E-state index contributed by atoms with van der Waals surface area (Å²) < 4.78 is 23.1. The molecule has 4 nitrogen and oxygen atoms in total. The minimum absolute atomic E-state index is 0.517. The molecule has 47 heavy (non-hydrogen) atoms. The summed E-state index contributed by atoms with van der Waals surface area (Å²) in [7, 11) is 0. The third-order valence-electron chi connectivity index (χ3n) is 8.95. The molecule has 0 amide bonds. The first kappa shape index (κ1) is 32.3. The number of aryl methyl sites for hydroxylation is 1. The number of fused-ring (bicyclic) bond motifs is 3. The maximum absolute atomic E-state index is 6.05. The smallest absolute Gasteiger partial charge is 0.119 e. The van der Waals surface area contributed by atoms with Crippen LogP contribution in [0.25, 0.3) is 16.7 Å². The van der Waals surface area contributed by atoms with E-state index in [9.17, 15) is 0 Å². The Kier molecular flexibility index (Phi) is 10.2. The highest BCUT2D eigenvalue weighted by molar-refractivity contribution is 5.89. The molecule has 0 atom stereocenters. The molecule has 4 heteroatoms. The van der Waals surface area contributed by atoms with Gasteiger partial charge < -0.3 is 18.9 Å². The van der Waals surface area contributed by atoms with Gasteiger partial charge in [-0.3, -0.25) is 0 Å². The lowest BCUT2D eigenvalue weighted by molar-refractivity contribution is 0.110. The predicted molar refractivity (Wildman–Crippen MR) is 192 cm³/mol. The van der Waals surface area contributed by atoms with Crippen LogP contribution in [0.2, 0.25) is 0 Å². The summed E-state index contributed by atoms with van der Waals surface area (Å²) in [5.74, 6) is 1.66. The van der Waals surface area contributed by atoms with E-state index in [0.29, 0.717) is 39.6 Å². The van der Waals surface area contributed by atoms with Crippen molar-refractivity contribution in [3.8, 4) is 22.6 Å². The second-order valence-electron chi connectivity index (χ2n) is 11.8. The fourth-order valence-corrected chi connectivity index (χ4v) is 6.84. The summed E-state index contributed by atoms with van der Waals surface area (Å²) in [4.78, 5) is 0. The van der Waals surface area contributed by atoms with Gasteiger partial charge >= 0.3 is 0 Å². The zero-order valence-corrected chi connectivity index (χ0v) is 27.9. The lowest BCUT2D eigenvalue weighted by Crippen LogP contribution is -2.29. The molecule has 0 radical (unpaired) electrons. The van der Waals surface area contributed by atoms with Crippen LogP contribution in [0.1, 0.15) is 59.7 Å². The SMILES string of the molecule is CC=C(c1ccccc1)c1ccc2c(c1)C(c1ccc(OCCOCC)cc1)(c1ccc(OCCOCC)cc1)c1cc(C)ccc1-2. The molecule has 1 aliphatic carbocycles. The minimum Gasteiger partial charge on any atom is -0.491 e. The Hall–Kier alpha value is -4.64. The van der Waals surface area contributed by atoms with Crippen molar-refractivity contribution in [2.75, 3.05) is 39.6 Å². The van der Waals surface area contributed by atoms with Crippen molar-refractivity contribution in [2.45, 2.75) is 33.1 Å². The second kappa shape index (κ2) is 14.8. The molecule has 0 fully saturated rings. The second-order valence-corrected chi connectivity index (χ2v) is 11.8. The molecule has 0 spiro atoms. The molecule has 1 aliphatic rings. The quantitative estimate of drug-likeness (QED) is 0.113. The zero-order valence-electron chi connectivity index (χ0n) is 27.9. The molecule has 5 aromatic carbocycles. The summed E-state index contributed by atoms with van der Waals surface area (Å²) in [5, 5.41) is 0. The summed E-state index contributed by atoms with van der Waals surface area (Å²) >= 11 is 0. The van der Waals surface area contributed by atoms with E-state index in [1.165, 1.54) is 55.6 Å². The fraction of sp³-hybridized carbons (Fsp3) is 0.256. The van der Waals surface area contributed by atoms with Crippen molar-refractivity contribution in [1.82, 2.24) is 0 Å². The van der Waals surface area contributed by atoms with E-state index < -0.39 is 5.41 Å². The molecule has 0 aliphatic heterocycles. The molecule has 0 N–H and O–H groups in total. The number of hydrogen-bond acceptors (Lipinski definition) is 4. The maximum Gasteiger partial charge on any atom is 0.119 e. The standard InChI is InChI=1S/C43H44O4/c1-5-38(32-11-9-8-10-12-32)33-14-24-40-39-23-13-31(4)29-41(39)43(42(40)30-33,34-15-19-36(20-16-34)46-27-25-44-6-2)35-17-21-37(22-18-35)47-28-26-45-7-3/h5,8-24,29-30H,6-7,25-28H2,1-4H3. The Morgan fingerprint density at radius 3 is 1.64 bits per heavy atom. The molecular formula is C43H44O4. The summed E-state index contributed by atoms with van der Waals surface area (Å²) in [5.41, 5.74) is 11.7. The highest BCUT2D eigenvalue weighted by Gasteiger charge is 2.46. The van der Waals surface area contributed by atoms with Crippen molar-refractivity contribution in [1.29, 1.82) is 0 Å². The van der Waals surface area contributed by atoms with Gasteiger partial charge in [0.1, 0.15) is 24.7 Å². The molecule has 0 bridgehead atoms.